The molecule has 0 saturated carbocycles. The molecule has 0 bridgehead atoms. The quantitative estimate of drug-likeness (QED) is 0.726. The summed E-state index contributed by atoms with van der Waals surface area (Å²) in [5.41, 5.74) is 0.301. The summed E-state index contributed by atoms with van der Waals surface area (Å²) in [4.78, 5) is 13.8. The Morgan fingerprint density at radius 3 is 2.53 bits per heavy atom. The van der Waals surface area contributed by atoms with Gasteiger partial charge in [-0.05, 0) is 27.7 Å². The van der Waals surface area contributed by atoms with E-state index < -0.39 is 5.60 Å². The van der Waals surface area contributed by atoms with Gasteiger partial charge in [-0.2, -0.15) is 15.0 Å². The third-order valence-corrected chi connectivity index (χ3v) is 2.55. The second-order valence-electron chi connectivity index (χ2n) is 4.52. The number of amides is 1. The van der Waals surface area contributed by atoms with Crippen LogP contribution in [0.15, 0.2) is 0 Å². The number of nitrogens with zero attached hydrogens (tertiary/aromatic N) is 4. The van der Waals surface area contributed by atoms with Crippen molar-refractivity contribution in [1.29, 1.82) is 0 Å². The summed E-state index contributed by atoms with van der Waals surface area (Å²) in [5, 5.41) is 18.3. The lowest BCUT2D eigenvalue weighted by Crippen LogP contribution is -2.26. The van der Waals surface area contributed by atoms with Crippen molar-refractivity contribution in [3.05, 3.63) is 11.4 Å². The fraction of sp³-hybridized carbons (Fsp3) is 0.727. The molecule has 1 aromatic heterocycles. The molecule has 0 aliphatic heterocycles. The highest BCUT2D eigenvalue weighted by molar-refractivity contribution is 5.46. The van der Waals surface area contributed by atoms with Gasteiger partial charge in [0.1, 0.15) is 11.3 Å². The van der Waals surface area contributed by atoms with Crippen LogP contribution in [0.3, 0.4) is 0 Å². The number of aromatic nitrogens is 3. The number of likely N-dealkylation sites (N-methyl/N-ethyl adjacent to an activating group) is 1. The summed E-state index contributed by atoms with van der Waals surface area (Å²) in [6, 6.07) is 0. The van der Waals surface area contributed by atoms with Crippen LogP contribution in [0.5, 0.6) is 0 Å². The molecule has 1 aromatic rings. The third-order valence-electron chi connectivity index (χ3n) is 2.55. The van der Waals surface area contributed by atoms with Crippen LogP contribution in [-0.4, -0.2) is 44.5 Å². The molecule has 17 heavy (non-hydrogen) atoms. The molecule has 0 aromatic carbocycles. The van der Waals surface area contributed by atoms with Gasteiger partial charge in [0.15, 0.2) is 0 Å². The van der Waals surface area contributed by atoms with E-state index in [1.165, 1.54) is 4.80 Å². The minimum absolute atomic E-state index is 0.531. The first-order valence-electron chi connectivity index (χ1n) is 5.72. The summed E-state index contributed by atoms with van der Waals surface area (Å²) in [6.45, 7) is 8.85. The van der Waals surface area contributed by atoms with Crippen LogP contribution in [0.4, 0.5) is 0 Å². The van der Waals surface area contributed by atoms with Crippen molar-refractivity contribution in [2.45, 2.75) is 39.8 Å². The van der Waals surface area contributed by atoms with E-state index in [2.05, 4.69) is 10.2 Å². The van der Waals surface area contributed by atoms with E-state index in [1.807, 2.05) is 13.8 Å². The van der Waals surface area contributed by atoms with E-state index in [0.717, 1.165) is 6.41 Å². The van der Waals surface area contributed by atoms with Crippen LogP contribution < -0.4 is 0 Å². The van der Waals surface area contributed by atoms with Crippen molar-refractivity contribution in [3.8, 4) is 0 Å². The van der Waals surface area contributed by atoms with Gasteiger partial charge in [-0.1, -0.05) is 0 Å². The van der Waals surface area contributed by atoms with E-state index in [4.69, 9.17) is 0 Å². The molecule has 0 unspecified atom stereocenters. The largest absolute Gasteiger partial charge is 0.384 e. The molecular weight excluding hydrogens is 220 g/mol. The predicted molar refractivity (Wildman–Crippen MR) is 63.3 cm³/mol. The number of carbonyl (C=O) groups is 1. The number of aliphatic hydroxyl groups is 1. The smallest absolute Gasteiger partial charge is 0.209 e. The average molecular weight is 240 g/mol. The lowest BCUT2D eigenvalue weighted by Gasteiger charge is -2.14. The Balaban J connectivity index is 2.71. The number of hydrogen-bond donors (Lipinski definition) is 1. The minimum Gasteiger partial charge on any atom is -0.384 e. The Kier molecular flexibility index (Phi) is 4.22. The molecule has 0 fully saturated rings. The van der Waals surface area contributed by atoms with E-state index in [9.17, 15) is 9.90 Å². The maximum Gasteiger partial charge on any atom is 0.209 e. The van der Waals surface area contributed by atoms with E-state index in [0.29, 0.717) is 31.0 Å². The molecule has 0 radical (unpaired) electrons. The highest BCUT2D eigenvalue weighted by Gasteiger charge is 2.23. The van der Waals surface area contributed by atoms with Crippen molar-refractivity contribution in [1.82, 2.24) is 19.9 Å². The Morgan fingerprint density at radius 2 is 2.12 bits per heavy atom. The van der Waals surface area contributed by atoms with Gasteiger partial charge in [0, 0.05) is 13.1 Å². The first-order valence-corrected chi connectivity index (χ1v) is 5.72. The van der Waals surface area contributed by atoms with Crippen molar-refractivity contribution in [2.24, 2.45) is 0 Å². The fourth-order valence-electron chi connectivity index (χ4n) is 1.60. The van der Waals surface area contributed by atoms with Crippen LogP contribution >= 0.6 is 0 Å². The van der Waals surface area contributed by atoms with Crippen molar-refractivity contribution in [2.75, 3.05) is 13.1 Å². The van der Waals surface area contributed by atoms with E-state index in [-0.39, 0.29) is 0 Å². The normalized spacial score (nSPS) is 11.6. The van der Waals surface area contributed by atoms with Crippen molar-refractivity contribution in [3.63, 3.8) is 0 Å². The second kappa shape index (κ2) is 5.27. The van der Waals surface area contributed by atoms with Crippen molar-refractivity contribution >= 4 is 6.41 Å². The third kappa shape index (κ3) is 3.52. The van der Waals surface area contributed by atoms with Crippen LogP contribution in [-0.2, 0) is 16.9 Å². The predicted octanol–water partition coefficient (Wildman–Crippen LogP) is 0.292. The molecule has 1 rings (SSSR count). The second-order valence-corrected chi connectivity index (χ2v) is 4.52. The molecule has 1 N–H and O–H groups in total. The maximum absolute atomic E-state index is 10.6. The zero-order valence-electron chi connectivity index (χ0n) is 10.8. The lowest BCUT2D eigenvalue weighted by atomic mass is 10.0. The summed E-state index contributed by atoms with van der Waals surface area (Å²) in [7, 11) is 0. The van der Waals surface area contributed by atoms with Gasteiger partial charge in [-0.15, -0.1) is 0 Å². The highest BCUT2D eigenvalue weighted by Crippen LogP contribution is 2.19. The standard InChI is InChI=1S/C11H20N4O2/c1-5-14(8-16)6-7-15-12-9(2)10(13-15)11(3,4)17/h8,17H,5-7H2,1-4H3. The molecular formula is C11H20N4O2. The van der Waals surface area contributed by atoms with Gasteiger partial charge < -0.3 is 10.0 Å². The Hall–Kier alpha value is -1.43. The van der Waals surface area contributed by atoms with Crippen molar-refractivity contribution < 1.29 is 9.90 Å². The first kappa shape index (κ1) is 13.6. The van der Waals surface area contributed by atoms with Gasteiger partial charge >= 0.3 is 0 Å². The fourth-order valence-corrected chi connectivity index (χ4v) is 1.60. The van der Waals surface area contributed by atoms with Gasteiger partial charge in [0.2, 0.25) is 6.41 Å². The average Bonchev–Trinajstić information content (AvgIpc) is 2.61. The summed E-state index contributed by atoms with van der Waals surface area (Å²) < 4.78 is 0. The molecule has 0 aliphatic rings. The Morgan fingerprint density at radius 1 is 1.47 bits per heavy atom. The lowest BCUT2D eigenvalue weighted by molar-refractivity contribution is -0.118. The zero-order chi connectivity index (χ0) is 13.1. The van der Waals surface area contributed by atoms with Crippen LogP contribution in [0, 0.1) is 6.92 Å². The molecule has 0 saturated heterocycles. The molecule has 6 heteroatoms. The van der Waals surface area contributed by atoms with Crippen LogP contribution in [0.1, 0.15) is 32.2 Å². The van der Waals surface area contributed by atoms with Gasteiger partial charge in [-0.25, -0.2) is 0 Å². The molecule has 1 amide bonds. The van der Waals surface area contributed by atoms with Crippen LogP contribution in [0.25, 0.3) is 0 Å². The van der Waals surface area contributed by atoms with Gasteiger partial charge in [0.25, 0.3) is 0 Å². The van der Waals surface area contributed by atoms with E-state index in [1.54, 1.807) is 18.7 Å². The number of hydrogen-bond acceptors (Lipinski definition) is 4. The SMILES string of the molecule is CCN(C=O)CCn1nc(C)c(C(C)(C)O)n1. The zero-order valence-corrected chi connectivity index (χ0v) is 10.8. The molecule has 6 nitrogen and oxygen atoms in total. The molecule has 96 valence electrons. The first-order chi connectivity index (χ1) is 7.88. The molecule has 0 aliphatic carbocycles. The summed E-state index contributed by atoms with van der Waals surface area (Å²) in [6.07, 6.45) is 0.813. The number of rotatable bonds is 6. The molecule has 0 spiro atoms. The van der Waals surface area contributed by atoms with Gasteiger partial charge in [-0.3, -0.25) is 4.79 Å². The van der Waals surface area contributed by atoms with E-state index >= 15 is 0 Å². The monoisotopic (exact) mass is 240 g/mol. The minimum atomic E-state index is -0.989. The molecule has 0 atom stereocenters. The number of carbonyl (C=O) groups excluding carboxylic acids is 1. The van der Waals surface area contributed by atoms with Gasteiger partial charge in [0.05, 0.1) is 12.2 Å². The Labute approximate surface area is 101 Å². The summed E-state index contributed by atoms with van der Waals surface area (Å²) >= 11 is 0. The molecule has 1 heterocycles. The highest BCUT2D eigenvalue weighted by atomic mass is 16.3. The maximum atomic E-state index is 10.6. The number of aryl methyl sites for hydroxylation is 1. The van der Waals surface area contributed by atoms with Crippen LogP contribution in [0.2, 0.25) is 0 Å². The summed E-state index contributed by atoms with van der Waals surface area (Å²) in [5.74, 6) is 0. The topological polar surface area (TPSA) is 71.2 Å². The Bertz CT molecular complexity index is 381.